The predicted molar refractivity (Wildman–Crippen MR) is 59.2 cm³/mol. The predicted octanol–water partition coefficient (Wildman–Crippen LogP) is 1.27. The molecule has 80 valence electrons. The molecule has 1 aromatic carbocycles. The lowest BCUT2D eigenvalue weighted by Gasteiger charge is -2.16. The zero-order chi connectivity index (χ0) is 10.7. The van der Waals surface area contributed by atoms with E-state index >= 15 is 0 Å². The lowest BCUT2D eigenvalue weighted by atomic mass is 10.1. The summed E-state index contributed by atoms with van der Waals surface area (Å²) in [6, 6.07) is 8.31. The van der Waals surface area contributed by atoms with E-state index in [2.05, 4.69) is 24.5 Å². The van der Waals surface area contributed by atoms with Crippen LogP contribution in [-0.4, -0.2) is 24.0 Å². The Hall–Kier alpha value is -1.35. The van der Waals surface area contributed by atoms with Crippen molar-refractivity contribution in [1.29, 1.82) is 0 Å². The molecule has 0 saturated carbocycles. The fourth-order valence-corrected chi connectivity index (χ4v) is 1.85. The molecule has 3 nitrogen and oxygen atoms in total. The van der Waals surface area contributed by atoms with Crippen molar-refractivity contribution in [3.8, 4) is 0 Å². The lowest BCUT2D eigenvalue weighted by Crippen LogP contribution is -2.35. The van der Waals surface area contributed by atoms with Crippen LogP contribution < -0.4 is 5.43 Å². The summed E-state index contributed by atoms with van der Waals surface area (Å²) in [5.74, 6) is 0.212. The summed E-state index contributed by atoms with van der Waals surface area (Å²) in [7, 11) is 0. The van der Waals surface area contributed by atoms with Gasteiger partial charge in [0.15, 0.2) is 0 Å². The Morgan fingerprint density at radius 1 is 1.40 bits per heavy atom. The topological polar surface area (TPSA) is 32.3 Å². The first-order chi connectivity index (χ1) is 7.27. The molecule has 1 aliphatic heterocycles. The number of nitrogens with one attached hydrogen (secondary N) is 1. The van der Waals surface area contributed by atoms with E-state index in [1.807, 2.05) is 12.1 Å². The molecule has 0 radical (unpaired) electrons. The molecule has 0 aromatic heterocycles. The molecule has 1 heterocycles. The Balaban J connectivity index is 1.93. The molecule has 2 rings (SSSR count). The number of benzene rings is 1. The molecule has 0 bridgehead atoms. The van der Waals surface area contributed by atoms with Crippen molar-refractivity contribution in [3.63, 3.8) is 0 Å². The van der Waals surface area contributed by atoms with Crippen molar-refractivity contribution < 1.29 is 4.79 Å². The number of aryl methyl sites for hydroxylation is 1. The third-order valence-corrected chi connectivity index (χ3v) is 2.81. The van der Waals surface area contributed by atoms with Crippen molar-refractivity contribution in [2.75, 3.05) is 13.1 Å². The zero-order valence-electron chi connectivity index (χ0n) is 8.99. The molecule has 1 aliphatic rings. The van der Waals surface area contributed by atoms with Gasteiger partial charge in [0.2, 0.25) is 5.91 Å². The fraction of sp³-hybridized carbons (Fsp3) is 0.417. The smallest absolute Gasteiger partial charge is 0.238 e. The monoisotopic (exact) mass is 204 g/mol. The van der Waals surface area contributed by atoms with E-state index in [1.165, 1.54) is 11.1 Å². The first-order valence-corrected chi connectivity index (χ1v) is 5.36. The van der Waals surface area contributed by atoms with Gasteiger partial charge in [0.05, 0.1) is 0 Å². The Bertz CT molecular complexity index is 362. The van der Waals surface area contributed by atoms with Crippen molar-refractivity contribution in [2.24, 2.45) is 0 Å². The highest BCUT2D eigenvalue weighted by Gasteiger charge is 2.18. The van der Waals surface area contributed by atoms with Crippen LogP contribution in [0, 0.1) is 6.92 Å². The Morgan fingerprint density at radius 2 is 2.20 bits per heavy atom. The average Bonchev–Trinajstić information content (AvgIpc) is 2.63. The number of rotatable bonds is 3. The van der Waals surface area contributed by atoms with Crippen LogP contribution in [0.1, 0.15) is 17.5 Å². The van der Waals surface area contributed by atoms with Gasteiger partial charge in [-0.25, -0.2) is 5.43 Å². The quantitative estimate of drug-likeness (QED) is 0.804. The highest BCUT2D eigenvalue weighted by Crippen LogP contribution is 2.09. The molecule has 0 spiro atoms. The van der Waals surface area contributed by atoms with Gasteiger partial charge in [0, 0.05) is 19.5 Å². The maximum atomic E-state index is 11.3. The first-order valence-electron chi connectivity index (χ1n) is 5.36. The Morgan fingerprint density at radius 3 is 2.87 bits per heavy atom. The number of hydrazine groups is 1. The van der Waals surface area contributed by atoms with Crippen LogP contribution in [0.3, 0.4) is 0 Å². The van der Waals surface area contributed by atoms with Crippen LogP contribution >= 0.6 is 0 Å². The van der Waals surface area contributed by atoms with Crippen molar-refractivity contribution >= 4 is 5.91 Å². The van der Waals surface area contributed by atoms with Crippen molar-refractivity contribution in [2.45, 2.75) is 19.8 Å². The van der Waals surface area contributed by atoms with E-state index in [1.54, 1.807) is 5.01 Å². The number of carbonyl (C=O) groups is 1. The largest absolute Gasteiger partial charge is 0.278 e. The van der Waals surface area contributed by atoms with Gasteiger partial charge in [-0.15, -0.1) is 0 Å². The summed E-state index contributed by atoms with van der Waals surface area (Å²) < 4.78 is 0. The van der Waals surface area contributed by atoms with Crippen LogP contribution in [-0.2, 0) is 11.2 Å². The number of amides is 1. The molecule has 1 amide bonds. The first kappa shape index (κ1) is 10.2. The van der Waals surface area contributed by atoms with E-state index < -0.39 is 0 Å². The van der Waals surface area contributed by atoms with Gasteiger partial charge in [-0.2, -0.15) is 0 Å². The summed E-state index contributed by atoms with van der Waals surface area (Å²) in [4.78, 5) is 11.3. The molecule has 1 N–H and O–H groups in total. The fourth-order valence-electron chi connectivity index (χ4n) is 1.85. The minimum Gasteiger partial charge on any atom is -0.278 e. The van der Waals surface area contributed by atoms with Crippen molar-refractivity contribution in [1.82, 2.24) is 10.4 Å². The SMILES string of the molecule is Cc1ccccc1CCN1NCCC1=O. The standard InChI is InChI=1S/C12H16N2O/c1-10-4-2-3-5-11(10)7-9-14-12(15)6-8-13-14/h2-5,13H,6-9H2,1H3. The molecular weight excluding hydrogens is 188 g/mol. The van der Waals surface area contributed by atoms with Gasteiger partial charge in [-0.3, -0.25) is 9.80 Å². The van der Waals surface area contributed by atoms with E-state index in [-0.39, 0.29) is 5.91 Å². The van der Waals surface area contributed by atoms with Crippen molar-refractivity contribution in [3.05, 3.63) is 35.4 Å². The minimum atomic E-state index is 0.212. The van der Waals surface area contributed by atoms with E-state index in [9.17, 15) is 4.79 Å². The van der Waals surface area contributed by atoms with Gasteiger partial charge < -0.3 is 0 Å². The zero-order valence-corrected chi connectivity index (χ0v) is 8.99. The minimum absolute atomic E-state index is 0.212. The molecule has 1 aromatic rings. The molecule has 0 aliphatic carbocycles. The lowest BCUT2D eigenvalue weighted by molar-refractivity contribution is -0.129. The Kier molecular flexibility index (Phi) is 3.02. The van der Waals surface area contributed by atoms with Gasteiger partial charge in [0.25, 0.3) is 0 Å². The summed E-state index contributed by atoms with van der Waals surface area (Å²) in [5.41, 5.74) is 5.69. The van der Waals surface area contributed by atoms with Crippen LogP contribution in [0.25, 0.3) is 0 Å². The summed E-state index contributed by atoms with van der Waals surface area (Å²) in [6.45, 7) is 3.66. The summed E-state index contributed by atoms with van der Waals surface area (Å²) in [6.07, 6.45) is 1.55. The number of hydrogen-bond donors (Lipinski definition) is 1. The van der Waals surface area contributed by atoms with Gasteiger partial charge in [0.1, 0.15) is 0 Å². The van der Waals surface area contributed by atoms with E-state index in [0.29, 0.717) is 6.42 Å². The summed E-state index contributed by atoms with van der Waals surface area (Å²) >= 11 is 0. The summed E-state index contributed by atoms with van der Waals surface area (Å²) in [5, 5.41) is 1.73. The van der Waals surface area contributed by atoms with Gasteiger partial charge in [-0.05, 0) is 24.5 Å². The van der Waals surface area contributed by atoms with Crippen LogP contribution in [0.2, 0.25) is 0 Å². The molecule has 0 unspecified atom stereocenters. The number of nitrogens with zero attached hydrogens (tertiary/aromatic N) is 1. The van der Waals surface area contributed by atoms with E-state index in [4.69, 9.17) is 0 Å². The molecule has 3 heteroatoms. The highest BCUT2D eigenvalue weighted by molar-refractivity contribution is 5.77. The van der Waals surface area contributed by atoms with Crippen LogP contribution in [0.15, 0.2) is 24.3 Å². The molecule has 0 atom stereocenters. The van der Waals surface area contributed by atoms with Crippen LogP contribution in [0.5, 0.6) is 0 Å². The van der Waals surface area contributed by atoms with E-state index in [0.717, 1.165) is 19.5 Å². The van der Waals surface area contributed by atoms with Gasteiger partial charge >= 0.3 is 0 Å². The Labute approximate surface area is 90.1 Å². The molecule has 15 heavy (non-hydrogen) atoms. The number of carbonyl (C=O) groups excluding carboxylic acids is 1. The average molecular weight is 204 g/mol. The second-order valence-electron chi connectivity index (χ2n) is 3.88. The molecule has 1 saturated heterocycles. The number of hydrogen-bond acceptors (Lipinski definition) is 2. The maximum Gasteiger partial charge on any atom is 0.238 e. The van der Waals surface area contributed by atoms with Gasteiger partial charge in [-0.1, -0.05) is 24.3 Å². The third-order valence-electron chi connectivity index (χ3n) is 2.81. The molecule has 1 fully saturated rings. The molecular formula is C12H16N2O. The third kappa shape index (κ3) is 2.36. The maximum absolute atomic E-state index is 11.3. The second kappa shape index (κ2) is 4.45. The normalized spacial score (nSPS) is 16.1. The highest BCUT2D eigenvalue weighted by atomic mass is 16.2. The second-order valence-corrected chi connectivity index (χ2v) is 3.88. The van der Waals surface area contributed by atoms with Crippen LogP contribution in [0.4, 0.5) is 0 Å².